The molecule has 1 heteroatoms. The van der Waals surface area contributed by atoms with Crippen molar-refractivity contribution in [2.24, 2.45) is 0 Å². The highest BCUT2D eigenvalue weighted by Crippen LogP contribution is 2.23. The van der Waals surface area contributed by atoms with Gasteiger partial charge in [0.2, 0.25) is 0 Å². The molecule has 0 spiro atoms. The molecule has 1 aliphatic heterocycles. The van der Waals surface area contributed by atoms with E-state index in [1.54, 1.807) is 0 Å². The molecular formula is C6H10O. The molecule has 0 bridgehead atoms. The molecule has 40 valence electrons. The molecule has 1 aliphatic rings. The van der Waals surface area contributed by atoms with Gasteiger partial charge in [-0.05, 0) is 13.3 Å². The van der Waals surface area contributed by atoms with Gasteiger partial charge in [0.15, 0.2) is 0 Å². The summed E-state index contributed by atoms with van der Waals surface area (Å²) in [4.78, 5) is 0. The third-order valence-electron chi connectivity index (χ3n) is 1.24. The lowest BCUT2D eigenvalue weighted by Gasteiger charge is -1.76. The third-order valence-corrected chi connectivity index (χ3v) is 1.24. The fraction of sp³-hybridized carbons (Fsp3) is 0.667. The highest BCUT2D eigenvalue weighted by atomic mass is 16.6. The lowest BCUT2D eigenvalue weighted by atomic mass is 10.2. The van der Waals surface area contributed by atoms with Crippen molar-refractivity contribution < 1.29 is 4.74 Å². The highest BCUT2D eigenvalue weighted by Gasteiger charge is 2.31. The Labute approximate surface area is 44.0 Å². The Morgan fingerprint density at radius 3 is 2.57 bits per heavy atom. The standard InChI is InChI=1S/C6H10O/c1-3-4-6-5(2)7-6/h3,5-6H,1,4H2,2H3/t5-,6-/m1/s1. The summed E-state index contributed by atoms with van der Waals surface area (Å²) in [5.74, 6) is 0. The van der Waals surface area contributed by atoms with Gasteiger partial charge >= 0.3 is 0 Å². The Hall–Kier alpha value is -0.300. The zero-order valence-corrected chi connectivity index (χ0v) is 4.55. The molecule has 0 amide bonds. The number of epoxide rings is 1. The summed E-state index contributed by atoms with van der Waals surface area (Å²) in [6.07, 6.45) is 3.91. The van der Waals surface area contributed by atoms with E-state index < -0.39 is 0 Å². The Morgan fingerprint density at radius 2 is 2.43 bits per heavy atom. The molecule has 1 rings (SSSR count). The molecule has 0 N–H and O–H groups in total. The first-order valence-electron chi connectivity index (χ1n) is 2.61. The second-order valence-corrected chi connectivity index (χ2v) is 1.90. The van der Waals surface area contributed by atoms with Gasteiger partial charge in [-0.3, -0.25) is 0 Å². The second kappa shape index (κ2) is 1.66. The highest BCUT2D eigenvalue weighted by molar-refractivity contribution is 4.86. The quantitative estimate of drug-likeness (QED) is 0.375. The van der Waals surface area contributed by atoms with E-state index in [-0.39, 0.29) is 0 Å². The summed E-state index contributed by atoms with van der Waals surface area (Å²) in [7, 11) is 0. The fourth-order valence-corrected chi connectivity index (χ4v) is 0.642. The molecule has 1 nitrogen and oxygen atoms in total. The van der Waals surface area contributed by atoms with E-state index in [2.05, 4.69) is 13.5 Å². The minimum Gasteiger partial charge on any atom is -0.370 e. The monoisotopic (exact) mass is 98.1 g/mol. The lowest BCUT2D eigenvalue weighted by Crippen LogP contribution is -1.83. The number of ether oxygens (including phenoxy) is 1. The van der Waals surface area contributed by atoms with Crippen molar-refractivity contribution in [3.63, 3.8) is 0 Å². The van der Waals surface area contributed by atoms with Crippen molar-refractivity contribution in [3.8, 4) is 0 Å². The summed E-state index contributed by atoms with van der Waals surface area (Å²) in [6, 6.07) is 0. The van der Waals surface area contributed by atoms with E-state index in [0.29, 0.717) is 12.2 Å². The molecule has 0 aromatic heterocycles. The maximum absolute atomic E-state index is 5.09. The van der Waals surface area contributed by atoms with Crippen LogP contribution in [0.25, 0.3) is 0 Å². The van der Waals surface area contributed by atoms with E-state index in [1.807, 2.05) is 6.08 Å². The van der Waals surface area contributed by atoms with Crippen LogP contribution >= 0.6 is 0 Å². The first kappa shape index (κ1) is 4.85. The molecule has 7 heavy (non-hydrogen) atoms. The van der Waals surface area contributed by atoms with Gasteiger partial charge in [0.25, 0.3) is 0 Å². The lowest BCUT2D eigenvalue weighted by molar-refractivity contribution is 0.380. The van der Waals surface area contributed by atoms with Gasteiger partial charge in [0, 0.05) is 0 Å². The van der Waals surface area contributed by atoms with Gasteiger partial charge in [-0.1, -0.05) is 6.08 Å². The number of hydrogen-bond donors (Lipinski definition) is 0. The maximum Gasteiger partial charge on any atom is 0.0873 e. The van der Waals surface area contributed by atoms with Crippen LogP contribution in [0.4, 0.5) is 0 Å². The second-order valence-electron chi connectivity index (χ2n) is 1.90. The average Bonchev–Trinajstić information content (AvgIpc) is 2.22. The van der Waals surface area contributed by atoms with E-state index >= 15 is 0 Å². The number of hydrogen-bond acceptors (Lipinski definition) is 1. The largest absolute Gasteiger partial charge is 0.370 e. The molecule has 1 fully saturated rings. The fourth-order valence-electron chi connectivity index (χ4n) is 0.642. The van der Waals surface area contributed by atoms with Gasteiger partial charge in [-0.2, -0.15) is 0 Å². The maximum atomic E-state index is 5.09. The smallest absolute Gasteiger partial charge is 0.0873 e. The van der Waals surface area contributed by atoms with Gasteiger partial charge in [0.05, 0.1) is 12.2 Å². The minimum absolute atomic E-state index is 0.498. The van der Waals surface area contributed by atoms with E-state index in [9.17, 15) is 0 Å². The molecule has 2 atom stereocenters. The molecule has 0 aliphatic carbocycles. The zero-order chi connectivity index (χ0) is 5.28. The zero-order valence-electron chi connectivity index (χ0n) is 4.55. The van der Waals surface area contributed by atoms with Gasteiger partial charge in [-0.15, -0.1) is 6.58 Å². The first-order chi connectivity index (χ1) is 3.34. The Bertz CT molecular complexity index is 78.2. The van der Waals surface area contributed by atoms with Gasteiger partial charge in [0.1, 0.15) is 0 Å². The minimum atomic E-state index is 0.498. The van der Waals surface area contributed by atoms with Crippen LogP contribution in [0.3, 0.4) is 0 Å². The SMILES string of the molecule is C=CC[C@H]1O[C@@H]1C. The molecule has 0 aromatic rings. The van der Waals surface area contributed by atoms with Crippen LogP contribution in [0.2, 0.25) is 0 Å². The van der Waals surface area contributed by atoms with Crippen LogP contribution in [-0.2, 0) is 4.74 Å². The summed E-state index contributed by atoms with van der Waals surface area (Å²) in [6.45, 7) is 5.67. The van der Waals surface area contributed by atoms with Crippen LogP contribution < -0.4 is 0 Å². The van der Waals surface area contributed by atoms with Crippen molar-refractivity contribution in [1.82, 2.24) is 0 Å². The van der Waals surface area contributed by atoms with Crippen molar-refractivity contribution in [1.29, 1.82) is 0 Å². The molecule has 1 saturated heterocycles. The molecule has 0 aromatic carbocycles. The Morgan fingerprint density at radius 1 is 1.86 bits per heavy atom. The van der Waals surface area contributed by atoms with E-state index in [4.69, 9.17) is 4.74 Å². The average molecular weight is 98.1 g/mol. The summed E-state index contributed by atoms with van der Waals surface area (Å²) in [5, 5.41) is 0. The molecule has 0 unspecified atom stereocenters. The Balaban J connectivity index is 2.08. The van der Waals surface area contributed by atoms with Crippen LogP contribution in [0.5, 0.6) is 0 Å². The van der Waals surface area contributed by atoms with Crippen molar-refractivity contribution in [3.05, 3.63) is 12.7 Å². The summed E-state index contributed by atoms with van der Waals surface area (Å²) < 4.78 is 5.09. The Kier molecular flexibility index (Phi) is 1.15. The molecule has 0 saturated carbocycles. The molecule has 1 heterocycles. The van der Waals surface area contributed by atoms with Crippen LogP contribution in [0, 0.1) is 0 Å². The first-order valence-corrected chi connectivity index (χ1v) is 2.61. The van der Waals surface area contributed by atoms with Crippen LogP contribution in [0.1, 0.15) is 13.3 Å². The van der Waals surface area contributed by atoms with Crippen molar-refractivity contribution in [2.75, 3.05) is 0 Å². The molecular weight excluding hydrogens is 88.1 g/mol. The van der Waals surface area contributed by atoms with Crippen LogP contribution in [0.15, 0.2) is 12.7 Å². The van der Waals surface area contributed by atoms with Crippen molar-refractivity contribution >= 4 is 0 Å². The van der Waals surface area contributed by atoms with Crippen LogP contribution in [-0.4, -0.2) is 12.2 Å². The third kappa shape index (κ3) is 1.03. The van der Waals surface area contributed by atoms with Gasteiger partial charge < -0.3 is 4.74 Å². The predicted octanol–water partition coefficient (Wildman–Crippen LogP) is 1.35. The predicted molar refractivity (Wildman–Crippen MR) is 29.1 cm³/mol. The summed E-state index contributed by atoms with van der Waals surface area (Å²) in [5.41, 5.74) is 0. The van der Waals surface area contributed by atoms with E-state index in [0.717, 1.165) is 6.42 Å². The van der Waals surface area contributed by atoms with Gasteiger partial charge in [-0.25, -0.2) is 0 Å². The summed E-state index contributed by atoms with van der Waals surface area (Å²) >= 11 is 0. The number of rotatable bonds is 2. The van der Waals surface area contributed by atoms with E-state index in [1.165, 1.54) is 0 Å². The van der Waals surface area contributed by atoms with Crippen molar-refractivity contribution in [2.45, 2.75) is 25.6 Å². The molecule has 0 radical (unpaired) electrons. The topological polar surface area (TPSA) is 12.5 Å². The normalized spacial score (nSPS) is 37.9.